The van der Waals surface area contributed by atoms with Gasteiger partial charge >= 0.3 is 0 Å². The molecule has 1 heterocycles. The lowest BCUT2D eigenvalue weighted by atomic mass is 10.1. The second kappa shape index (κ2) is 8.15. The van der Waals surface area contributed by atoms with Crippen LogP contribution in [0, 0.1) is 10.1 Å². The second-order valence-corrected chi connectivity index (χ2v) is 6.23. The highest BCUT2D eigenvalue weighted by atomic mass is 35.5. The van der Waals surface area contributed by atoms with Crippen LogP contribution < -0.4 is 5.32 Å². The highest BCUT2D eigenvalue weighted by molar-refractivity contribution is 6.34. The molecular weight excluding hydrogens is 374 g/mol. The van der Waals surface area contributed by atoms with Gasteiger partial charge in [-0.05, 0) is 18.2 Å². The monoisotopic (exact) mass is 389 g/mol. The van der Waals surface area contributed by atoms with E-state index >= 15 is 0 Å². The van der Waals surface area contributed by atoms with Crippen LogP contribution >= 0.6 is 11.6 Å². The van der Waals surface area contributed by atoms with E-state index in [2.05, 4.69) is 5.32 Å². The predicted octanol–water partition coefficient (Wildman–Crippen LogP) is 2.97. The maximum atomic E-state index is 12.8. The van der Waals surface area contributed by atoms with E-state index in [-0.39, 0.29) is 22.2 Å². The fourth-order valence-electron chi connectivity index (χ4n) is 2.71. The number of ether oxygens (including phenoxy) is 1. The van der Waals surface area contributed by atoms with E-state index in [1.54, 1.807) is 29.2 Å². The van der Waals surface area contributed by atoms with E-state index in [0.29, 0.717) is 37.6 Å². The van der Waals surface area contributed by atoms with Crippen LogP contribution in [0.2, 0.25) is 5.02 Å². The van der Waals surface area contributed by atoms with Crippen molar-refractivity contribution in [2.45, 2.75) is 0 Å². The molecule has 0 aliphatic carbocycles. The summed E-state index contributed by atoms with van der Waals surface area (Å²) in [6, 6.07) is 10.2. The number of carbonyl (C=O) groups is 2. The molecule has 0 radical (unpaired) electrons. The van der Waals surface area contributed by atoms with Crippen LogP contribution in [0.25, 0.3) is 0 Å². The zero-order valence-corrected chi connectivity index (χ0v) is 14.9. The van der Waals surface area contributed by atoms with Gasteiger partial charge in [-0.1, -0.05) is 23.7 Å². The summed E-state index contributed by atoms with van der Waals surface area (Å²) in [5.74, 6) is -0.856. The molecule has 2 aromatic carbocycles. The quantitative estimate of drug-likeness (QED) is 0.639. The summed E-state index contributed by atoms with van der Waals surface area (Å²) in [6.45, 7) is 1.86. The number of benzene rings is 2. The molecule has 0 unspecified atom stereocenters. The summed E-state index contributed by atoms with van der Waals surface area (Å²) in [4.78, 5) is 37.3. The average molecular weight is 390 g/mol. The number of anilines is 1. The van der Waals surface area contributed by atoms with Gasteiger partial charge in [0.15, 0.2) is 0 Å². The number of halogens is 1. The van der Waals surface area contributed by atoms with E-state index in [1.807, 2.05) is 0 Å². The number of rotatable bonds is 4. The Morgan fingerprint density at radius 3 is 2.52 bits per heavy atom. The van der Waals surface area contributed by atoms with Gasteiger partial charge in [-0.2, -0.15) is 0 Å². The van der Waals surface area contributed by atoms with E-state index in [4.69, 9.17) is 16.3 Å². The molecule has 3 rings (SSSR count). The van der Waals surface area contributed by atoms with Gasteiger partial charge in [0.05, 0.1) is 40.0 Å². The van der Waals surface area contributed by atoms with E-state index in [0.717, 1.165) is 6.07 Å². The summed E-state index contributed by atoms with van der Waals surface area (Å²) < 4.78 is 5.25. The molecule has 2 amide bonds. The van der Waals surface area contributed by atoms with Crippen LogP contribution in [0.5, 0.6) is 0 Å². The van der Waals surface area contributed by atoms with Crippen molar-refractivity contribution >= 4 is 34.8 Å². The van der Waals surface area contributed by atoms with Crippen molar-refractivity contribution in [3.8, 4) is 0 Å². The molecule has 0 aromatic heterocycles. The topological polar surface area (TPSA) is 102 Å². The number of amides is 2. The summed E-state index contributed by atoms with van der Waals surface area (Å²) in [5.41, 5.74) is 0.345. The molecule has 0 saturated carbocycles. The molecule has 1 aliphatic heterocycles. The van der Waals surface area contributed by atoms with E-state index < -0.39 is 10.8 Å². The molecule has 1 saturated heterocycles. The molecule has 0 bridgehead atoms. The smallest absolute Gasteiger partial charge is 0.270 e. The Morgan fingerprint density at radius 2 is 1.81 bits per heavy atom. The molecule has 2 aromatic rings. The van der Waals surface area contributed by atoms with Crippen molar-refractivity contribution in [3.05, 3.63) is 68.7 Å². The molecule has 1 N–H and O–H groups in total. The number of nitrogens with zero attached hydrogens (tertiary/aromatic N) is 2. The van der Waals surface area contributed by atoms with Gasteiger partial charge in [0.25, 0.3) is 17.5 Å². The van der Waals surface area contributed by atoms with Gasteiger partial charge in [0, 0.05) is 25.2 Å². The number of para-hydroxylation sites is 1. The van der Waals surface area contributed by atoms with Gasteiger partial charge < -0.3 is 15.0 Å². The average Bonchev–Trinajstić information content (AvgIpc) is 2.68. The van der Waals surface area contributed by atoms with Gasteiger partial charge in [-0.3, -0.25) is 19.7 Å². The van der Waals surface area contributed by atoms with Crippen LogP contribution in [0.1, 0.15) is 20.7 Å². The predicted molar refractivity (Wildman–Crippen MR) is 99.2 cm³/mol. The largest absolute Gasteiger partial charge is 0.378 e. The molecule has 8 nitrogen and oxygen atoms in total. The first kappa shape index (κ1) is 18.8. The van der Waals surface area contributed by atoms with Crippen molar-refractivity contribution in [1.29, 1.82) is 0 Å². The third-order valence-corrected chi connectivity index (χ3v) is 4.44. The fourth-order valence-corrected chi connectivity index (χ4v) is 2.91. The minimum Gasteiger partial charge on any atom is -0.378 e. The fraction of sp³-hybridized carbons (Fsp3) is 0.222. The molecule has 0 atom stereocenters. The maximum absolute atomic E-state index is 12.8. The Bertz CT molecular complexity index is 896. The lowest BCUT2D eigenvalue weighted by Gasteiger charge is -2.27. The number of non-ortho nitro benzene ring substituents is 1. The van der Waals surface area contributed by atoms with Crippen molar-refractivity contribution in [2.75, 3.05) is 31.6 Å². The SMILES string of the molecule is O=C(Nc1ccccc1C(=O)N1CCOCC1)c1cc([N+](=O)[O-])ccc1Cl. The molecule has 0 spiro atoms. The number of nitrogens with one attached hydrogen (secondary N) is 1. The molecule has 140 valence electrons. The van der Waals surface area contributed by atoms with Crippen molar-refractivity contribution in [3.63, 3.8) is 0 Å². The zero-order valence-electron chi connectivity index (χ0n) is 14.2. The first-order valence-electron chi connectivity index (χ1n) is 8.18. The molecule has 27 heavy (non-hydrogen) atoms. The normalized spacial score (nSPS) is 13.9. The number of nitro benzene ring substituents is 1. The summed E-state index contributed by atoms with van der Waals surface area (Å²) in [7, 11) is 0. The third-order valence-electron chi connectivity index (χ3n) is 4.11. The van der Waals surface area contributed by atoms with Crippen LogP contribution in [0.3, 0.4) is 0 Å². The van der Waals surface area contributed by atoms with Crippen LogP contribution in [0.15, 0.2) is 42.5 Å². The first-order chi connectivity index (χ1) is 13.0. The first-order valence-corrected chi connectivity index (χ1v) is 8.56. The summed E-state index contributed by atoms with van der Waals surface area (Å²) in [6.07, 6.45) is 0. The van der Waals surface area contributed by atoms with Gasteiger partial charge in [-0.15, -0.1) is 0 Å². The van der Waals surface area contributed by atoms with Gasteiger partial charge in [-0.25, -0.2) is 0 Å². The number of hydrogen-bond acceptors (Lipinski definition) is 5. The minimum atomic E-state index is -0.633. The highest BCUT2D eigenvalue weighted by Crippen LogP contribution is 2.24. The summed E-state index contributed by atoms with van der Waals surface area (Å²) in [5, 5.41) is 13.6. The van der Waals surface area contributed by atoms with E-state index in [9.17, 15) is 19.7 Å². The second-order valence-electron chi connectivity index (χ2n) is 5.83. The standard InChI is InChI=1S/C18H16ClN3O5/c19-15-6-5-12(22(25)26)11-14(15)17(23)20-16-4-2-1-3-13(16)18(24)21-7-9-27-10-8-21/h1-6,11H,7-10H2,(H,20,23). The number of morpholine rings is 1. The third kappa shape index (κ3) is 4.24. The van der Waals surface area contributed by atoms with Crippen molar-refractivity contribution in [2.24, 2.45) is 0 Å². The van der Waals surface area contributed by atoms with E-state index in [1.165, 1.54) is 12.1 Å². The molecular formula is C18H16ClN3O5. The van der Waals surface area contributed by atoms with Crippen LogP contribution in [0.4, 0.5) is 11.4 Å². The summed E-state index contributed by atoms with van der Waals surface area (Å²) >= 11 is 6.01. The van der Waals surface area contributed by atoms with Crippen molar-refractivity contribution in [1.82, 2.24) is 4.90 Å². The Hall–Kier alpha value is -2.97. The Morgan fingerprint density at radius 1 is 1.11 bits per heavy atom. The zero-order chi connectivity index (χ0) is 19.4. The highest BCUT2D eigenvalue weighted by Gasteiger charge is 2.23. The number of hydrogen-bond donors (Lipinski definition) is 1. The number of carbonyl (C=O) groups excluding carboxylic acids is 2. The van der Waals surface area contributed by atoms with Crippen LogP contribution in [-0.2, 0) is 4.74 Å². The van der Waals surface area contributed by atoms with Crippen LogP contribution in [-0.4, -0.2) is 47.9 Å². The molecule has 9 heteroatoms. The van der Waals surface area contributed by atoms with Gasteiger partial charge in [0.2, 0.25) is 0 Å². The molecule has 1 fully saturated rings. The van der Waals surface area contributed by atoms with Crippen molar-refractivity contribution < 1.29 is 19.2 Å². The minimum absolute atomic E-state index is 0.0421. The Labute approximate surface area is 159 Å². The van der Waals surface area contributed by atoms with Gasteiger partial charge in [0.1, 0.15) is 0 Å². The lowest BCUT2D eigenvalue weighted by molar-refractivity contribution is -0.384. The lowest BCUT2D eigenvalue weighted by Crippen LogP contribution is -2.41. The Kier molecular flexibility index (Phi) is 5.68. The number of nitro groups is 1. The Balaban J connectivity index is 1.86. The maximum Gasteiger partial charge on any atom is 0.270 e. The molecule has 1 aliphatic rings.